The Bertz CT molecular complexity index is 207. The largest absolute Gasteiger partial charge is 0.364 e. The second kappa shape index (κ2) is 2.17. The molecule has 0 atom stereocenters. The molecule has 0 aliphatic carbocycles. The Labute approximate surface area is 50.0 Å². The second-order valence-corrected chi connectivity index (χ2v) is 1.41. The number of hydrogen-bond acceptors (Lipinski definition) is 4. The van der Waals surface area contributed by atoms with Crippen LogP contribution in [0, 0.1) is 9.81 Å². The van der Waals surface area contributed by atoms with Gasteiger partial charge in [0, 0.05) is 12.4 Å². The summed E-state index contributed by atoms with van der Waals surface area (Å²) in [5.74, 6) is 0. The lowest BCUT2D eigenvalue weighted by molar-refractivity contribution is 1.40. The van der Waals surface area contributed by atoms with E-state index < -0.39 is 0 Å². The Morgan fingerprint density at radius 3 is 1.89 bits per heavy atom. The van der Waals surface area contributed by atoms with E-state index in [0.29, 0.717) is 0 Å². The summed E-state index contributed by atoms with van der Waals surface area (Å²) in [6, 6.07) is 0. The maximum atomic E-state index is 9.78. The fourth-order valence-electron chi connectivity index (χ4n) is 0.494. The molecule has 5 nitrogen and oxygen atoms in total. The monoisotopic (exact) mass is 125 g/mol. The molecule has 46 valence electrons. The Hall–Kier alpha value is -1.52. The number of nitrogens with one attached hydrogen (secondary N) is 1. The summed E-state index contributed by atoms with van der Waals surface area (Å²) in [7, 11) is 0. The number of rotatable bonds is 2. The normalized spacial score (nSPS) is 8.89. The quantitative estimate of drug-likeness (QED) is 0.612. The highest BCUT2D eigenvalue weighted by Crippen LogP contribution is 2.25. The molecule has 0 aliphatic rings. The summed E-state index contributed by atoms with van der Waals surface area (Å²) >= 11 is 0. The van der Waals surface area contributed by atoms with Gasteiger partial charge < -0.3 is 4.98 Å². The zero-order valence-electron chi connectivity index (χ0n) is 4.37. The summed E-state index contributed by atoms with van der Waals surface area (Å²) in [4.78, 5) is 22.1. The molecule has 5 heteroatoms. The van der Waals surface area contributed by atoms with Gasteiger partial charge in [0.05, 0.1) is 0 Å². The van der Waals surface area contributed by atoms with Crippen LogP contribution in [0.5, 0.6) is 0 Å². The molecular formula is C4H3N3O2. The van der Waals surface area contributed by atoms with E-state index in [-0.39, 0.29) is 11.4 Å². The number of nitroso groups, excluding NO2 is 2. The topological polar surface area (TPSA) is 74.7 Å². The average molecular weight is 125 g/mol. The highest BCUT2D eigenvalue weighted by molar-refractivity contribution is 5.59. The van der Waals surface area contributed by atoms with E-state index in [2.05, 4.69) is 15.3 Å². The zero-order valence-corrected chi connectivity index (χ0v) is 4.37. The standard InChI is InChI=1S/C4H3N3O2/c8-6-3-1-5-2-4(3)7-9/h1-2,5H. The van der Waals surface area contributed by atoms with Gasteiger partial charge in [0.2, 0.25) is 0 Å². The SMILES string of the molecule is O=Nc1c[nH]cc1N=O. The minimum Gasteiger partial charge on any atom is -0.364 e. The van der Waals surface area contributed by atoms with Gasteiger partial charge in [-0.25, -0.2) is 0 Å². The van der Waals surface area contributed by atoms with E-state index in [1.807, 2.05) is 0 Å². The fraction of sp³-hybridized carbons (Fsp3) is 0. The first-order valence-electron chi connectivity index (χ1n) is 2.22. The maximum Gasteiger partial charge on any atom is 0.154 e. The molecule has 0 unspecified atom stereocenters. The second-order valence-electron chi connectivity index (χ2n) is 1.41. The third-order valence-corrected chi connectivity index (χ3v) is 0.899. The predicted molar refractivity (Wildman–Crippen MR) is 31.7 cm³/mol. The first-order chi connectivity index (χ1) is 4.38. The molecule has 1 rings (SSSR count). The Morgan fingerprint density at radius 1 is 1.11 bits per heavy atom. The van der Waals surface area contributed by atoms with E-state index in [1.165, 1.54) is 12.4 Å². The number of H-pyrrole nitrogens is 1. The van der Waals surface area contributed by atoms with Gasteiger partial charge in [0.15, 0.2) is 11.4 Å². The van der Waals surface area contributed by atoms with Crippen LogP contribution in [0.25, 0.3) is 0 Å². The molecule has 0 saturated heterocycles. The smallest absolute Gasteiger partial charge is 0.154 e. The molecular weight excluding hydrogens is 122 g/mol. The third kappa shape index (κ3) is 0.835. The van der Waals surface area contributed by atoms with Gasteiger partial charge >= 0.3 is 0 Å². The number of nitrogens with zero attached hydrogens (tertiary/aromatic N) is 2. The maximum absolute atomic E-state index is 9.78. The predicted octanol–water partition coefficient (Wildman–Crippen LogP) is 1.81. The van der Waals surface area contributed by atoms with E-state index in [9.17, 15) is 9.81 Å². The van der Waals surface area contributed by atoms with Crippen LogP contribution in [0.15, 0.2) is 22.7 Å². The highest BCUT2D eigenvalue weighted by atomic mass is 16.3. The Kier molecular flexibility index (Phi) is 1.35. The molecule has 0 saturated carbocycles. The summed E-state index contributed by atoms with van der Waals surface area (Å²) in [6.45, 7) is 0. The summed E-state index contributed by atoms with van der Waals surface area (Å²) < 4.78 is 0. The van der Waals surface area contributed by atoms with E-state index in [1.54, 1.807) is 0 Å². The third-order valence-electron chi connectivity index (χ3n) is 0.899. The van der Waals surface area contributed by atoms with Crippen molar-refractivity contribution in [2.45, 2.75) is 0 Å². The van der Waals surface area contributed by atoms with Crippen LogP contribution in [0.4, 0.5) is 11.4 Å². The molecule has 9 heavy (non-hydrogen) atoms. The van der Waals surface area contributed by atoms with Gasteiger partial charge in [-0.3, -0.25) is 0 Å². The van der Waals surface area contributed by atoms with Crippen molar-refractivity contribution in [3.63, 3.8) is 0 Å². The fourth-order valence-corrected chi connectivity index (χ4v) is 0.494. The van der Waals surface area contributed by atoms with Crippen LogP contribution in [0.2, 0.25) is 0 Å². The van der Waals surface area contributed by atoms with Gasteiger partial charge in [-0.05, 0) is 10.4 Å². The van der Waals surface area contributed by atoms with Crippen LogP contribution < -0.4 is 0 Å². The molecule has 0 amide bonds. The number of hydrogen-bond donors (Lipinski definition) is 1. The Balaban J connectivity index is 3.12. The molecule has 0 bridgehead atoms. The van der Waals surface area contributed by atoms with Crippen molar-refractivity contribution >= 4 is 11.4 Å². The van der Waals surface area contributed by atoms with Crippen molar-refractivity contribution in [2.75, 3.05) is 0 Å². The molecule has 0 aromatic carbocycles. The van der Waals surface area contributed by atoms with Crippen molar-refractivity contribution < 1.29 is 0 Å². The lowest BCUT2D eigenvalue weighted by atomic mass is 10.5. The molecule has 1 aromatic rings. The van der Waals surface area contributed by atoms with Gasteiger partial charge in [-0.15, -0.1) is 9.81 Å². The lowest BCUT2D eigenvalue weighted by Gasteiger charge is -1.75. The summed E-state index contributed by atoms with van der Waals surface area (Å²) in [6.07, 6.45) is 2.62. The molecule has 0 aliphatic heterocycles. The van der Waals surface area contributed by atoms with Crippen molar-refractivity contribution in [3.8, 4) is 0 Å². The number of aromatic amines is 1. The van der Waals surface area contributed by atoms with Crippen molar-refractivity contribution in [1.29, 1.82) is 0 Å². The van der Waals surface area contributed by atoms with Crippen LogP contribution in [0.1, 0.15) is 0 Å². The van der Waals surface area contributed by atoms with Gasteiger partial charge in [0.25, 0.3) is 0 Å². The zero-order chi connectivity index (χ0) is 6.69. The molecule has 1 N–H and O–H groups in total. The van der Waals surface area contributed by atoms with Crippen LogP contribution in [-0.4, -0.2) is 4.98 Å². The molecule has 1 aromatic heterocycles. The van der Waals surface area contributed by atoms with Gasteiger partial charge in [0.1, 0.15) is 0 Å². The van der Waals surface area contributed by atoms with Crippen LogP contribution in [-0.2, 0) is 0 Å². The highest BCUT2D eigenvalue weighted by Gasteiger charge is 2.01. The molecule has 0 spiro atoms. The van der Waals surface area contributed by atoms with Crippen LogP contribution >= 0.6 is 0 Å². The summed E-state index contributed by atoms with van der Waals surface area (Å²) in [5, 5.41) is 5.05. The average Bonchev–Trinajstić information content (AvgIpc) is 2.33. The summed E-state index contributed by atoms with van der Waals surface area (Å²) in [5.41, 5.74) is 0.0926. The van der Waals surface area contributed by atoms with E-state index >= 15 is 0 Å². The molecule has 1 heterocycles. The van der Waals surface area contributed by atoms with E-state index in [0.717, 1.165) is 0 Å². The lowest BCUT2D eigenvalue weighted by Crippen LogP contribution is -1.50. The molecule has 0 fully saturated rings. The van der Waals surface area contributed by atoms with Gasteiger partial charge in [-0.2, -0.15) is 0 Å². The van der Waals surface area contributed by atoms with Crippen molar-refractivity contribution in [2.24, 2.45) is 10.4 Å². The molecule has 0 radical (unpaired) electrons. The van der Waals surface area contributed by atoms with Gasteiger partial charge in [-0.1, -0.05) is 0 Å². The van der Waals surface area contributed by atoms with Crippen molar-refractivity contribution in [1.82, 2.24) is 4.98 Å². The first kappa shape index (κ1) is 5.61. The van der Waals surface area contributed by atoms with E-state index in [4.69, 9.17) is 0 Å². The first-order valence-corrected chi connectivity index (χ1v) is 2.22. The Morgan fingerprint density at radius 2 is 1.56 bits per heavy atom. The van der Waals surface area contributed by atoms with Crippen LogP contribution in [0.3, 0.4) is 0 Å². The minimum atomic E-state index is 0.0463. The van der Waals surface area contributed by atoms with Crippen molar-refractivity contribution in [3.05, 3.63) is 22.2 Å². The number of aromatic nitrogens is 1. The minimum absolute atomic E-state index is 0.0463.